The fraction of sp³-hybridized carbons (Fsp3) is 0.200. The van der Waals surface area contributed by atoms with Gasteiger partial charge in [-0.3, -0.25) is 14.3 Å². The monoisotopic (exact) mass is 448 g/mol. The molecule has 12 heteroatoms. The van der Waals surface area contributed by atoms with Crippen molar-refractivity contribution in [3.05, 3.63) is 59.0 Å². The number of aromatic nitrogens is 4. The summed E-state index contributed by atoms with van der Waals surface area (Å²) in [6.07, 6.45) is -0.274. The highest BCUT2D eigenvalue weighted by molar-refractivity contribution is 5.95. The molecule has 4 rings (SSSR count). The minimum Gasteiger partial charge on any atom is -0.351 e. The van der Waals surface area contributed by atoms with E-state index in [1.807, 2.05) is 0 Å². The number of rotatable bonds is 5. The Labute approximate surface area is 177 Å². The van der Waals surface area contributed by atoms with E-state index in [1.165, 1.54) is 30.6 Å². The average molecular weight is 448 g/mol. The third-order valence-electron chi connectivity index (χ3n) is 4.74. The van der Waals surface area contributed by atoms with Crippen LogP contribution >= 0.6 is 0 Å². The molecule has 0 bridgehead atoms. The van der Waals surface area contributed by atoms with Crippen LogP contribution in [0.25, 0.3) is 21.8 Å². The molecule has 32 heavy (non-hydrogen) atoms. The van der Waals surface area contributed by atoms with Gasteiger partial charge in [0.05, 0.1) is 29.2 Å². The molecule has 0 atom stereocenters. The van der Waals surface area contributed by atoms with Gasteiger partial charge in [0, 0.05) is 18.6 Å². The first kappa shape index (κ1) is 21.3. The van der Waals surface area contributed by atoms with Gasteiger partial charge >= 0.3 is 6.18 Å². The van der Waals surface area contributed by atoms with Gasteiger partial charge in [-0.25, -0.2) is 9.37 Å². The second-order valence-electron chi connectivity index (χ2n) is 7.06. The minimum atomic E-state index is -4.58. The van der Waals surface area contributed by atoms with Gasteiger partial charge in [0.2, 0.25) is 5.91 Å². The minimum absolute atomic E-state index is 0.0533. The van der Waals surface area contributed by atoms with Gasteiger partial charge < -0.3 is 15.2 Å². The van der Waals surface area contributed by atoms with Crippen LogP contribution in [0.2, 0.25) is 0 Å². The number of benzene rings is 1. The molecule has 3 aromatic heterocycles. The van der Waals surface area contributed by atoms with Crippen molar-refractivity contribution < 1.29 is 22.4 Å². The number of alkyl halides is 3. The molecule has 4 aromatic rings. The van der Waals surface area contributed by atoms with Crippen molar-refractivity contribution in [2.24, 2.45) is 7.05 Å². The van der Waals surface area contributed by atoms with Crippen molar-refractivity contribution in [2.75, 3.05) is 11.9 Å². The molecule has 0 unspecified atom stereocenters. The van der Waals surface area contributed by atoms with Crippen LogP contribution in [0.4, 0.5) is 28.9 Å². The van der Waals surface area contributed by atoms with E-state index in [0.717, 1.165) is 4.57 Å². The highest BCUT2D eigenvalue weighted by Gasteiger charge is 2.27. The van der Waals surface area contributed by atoms with Crippen LogP contribution in [0.3, 0.4) is 0 Å². The van der Waals surface area contributed by atoms with Gasteiger partial charge in [0.1, 0.15) is 18.9 Å². The first-order chi connectivity index (χ1) is 15.1. The molecule has 8 nitrogen and oxygen atoms in total. The predicted molar refractivity (Wildman–Crippen MR) is 109 cm³/mol. The number of nitrogens with zero attached hydrogens (tertiary/aromatic N) is 4. The highest BCUT2D eigenvalue weighted by atomic mass is 19.4. The SMILES string of the molecule is Cn1ncc2cc(Nc3c(F)ccc4ccn(CC(=O)NCC(F)(F)F)c(=O)c34)cnc21. The molecule has 0 saturated heterocycles. The van der Waals surface area contributed by atoms with Gasteiger partial charge in [0.25, 0.3) is 5.56 Å². The maximum Gasteiger partial charge on any atom is 0.405 e. The molecule has 166 valence electrons. The summed E-state index contributed by atoms with van der Waals surface area (Å²) in [5.41, 5.74) is 0.139. The summed E-state index contributed by atoms with van der Waals surface area (Å²) >= 11 is 0. The lowest BCUT2D eigenvalue weighted by atomic mass is 10.1. The number of fused-ring (bicyclic) bond motifs is 2. The van der Waals surface area contributed by atoms with E-state index in [9.17, 15) is 27.2 Å². The summed E-state index contributed by atoms with van der Waals surface area (Å²) in [5, 5.41) is 9.66. The Balaban J connectivity index is 1.70. The highest BCUT2D eigenvalue weighted by Crippen LogP contribution is 2.28. The van der Waals surface area contributed by atoms with Crippen molar-refractivity contribution in [1.82, 2.24) is 24.6 Å². The molecule has 1 amide bonds. The Morgan fingerprint density at radius 3 is 2.69 bits per heavy atom. The number of anilines is 2. The van der Waals surface area contributed by atoms with Crippen molar-refractivity contribution in [1.29, 1.82) is 0 Å². The lowest BCUT2D eigenvalue weighted by Gasteiger charge is -2.13. The van der Waals surface area contributed by atoms with Gasteiger partial charge in [-0.05, 0) is 23.6 Å². The molecule has 1 aromatic carbocycles. The van der Waals surface area contributed by atoms with Gasteiger partial charge in [-0.1, -0.05) is 6.07 Å². The summed E-state index contributed by atoms with van der Waals surface area (Å²) in [7, 11) is 1.72. The van der Waals surface area contributed by atoms with E-state index in [1.54, 1.807) is 29.3 Å². The van der Waals surface area contributed by atoms with Crippen LogP contribution in [-0.4, -0.2) is 38.0 Å². The Bertz CT molecular complexity index is 1390. The van der Waals surface area contributed by atoms with Crippen LogP contribution < -0.4 is 16.2 Å². The smallest absolute Gasteiger partial charge is 0.351 e. The number of halogens is 4. The third-order valence-corrected chi connectivity index (χ3v) is 4.74. The maximum atomic E-state index is 14.7. The van der Waals surface area contributed by atoms with Gasteiger partial charge in [-0.2, -0.15) is 18.3 Å². The van der Waals surface area contributed by atoms with Crippen molar-refractivity contribution in [3.8, 4) is 0 Å². The van der Waals surface area contributed by atoms with Crippen LogP contribution in [-0.2, 0) is 18.4 Å². The van der Waals surface area contributed by atoms with Crippen molar-refractivity contribution in [3.63, 3.8) is 0 Å². The van der Waals surface area contributed by atoms with E-state index in [4.69, 9.17) is 0 Å². The maximum absolute atomic E-state index is 14.7. The molecular weight excluding hydrogens is 432 g/mol. The number of hydrogen-bond donors (Lipinski definition) is 2. The topological polar surface area (TPSA) is 93.8 Å². The zero-order valence-electron chi connectivity index (χ0n) is 16.6. The molecule has 0 aliphatic carbocycles. The van der Waals surface area contributed by atoms with Gasteiger partial charge in [-0.15, -0.1) is 0 Å². The summed E-state index contributed by atoms with van der Waals surface area (Å²) in [5.74, 6) is -1.72. The Morgan fingerprint density at radius 2 is 1.94 bits per heavy atom. The van der Waals surface area contributed by atoms with Crippen molar-refractivity contribution >= 4 is 39.1 Å². The van der Waals surface area contributed by atoms with Crippen LogP contribution in [0.15, 0.2) is 47.7 Å². The number of carbonyl (C=O) groups excluding carboxylic acids is 1. The zero-order chi connectivity index (χ0) is 23.0. The summed E-state index contributed by atoms with van der Waals surface area (Å²) in [6, 6.07) is 5.73. The molecule has 0 fully saturated rings. The van der Waals surface area contributed by atoms with Gasteiger partial charge in [0.15, 0.2) is 5.65 Å². The van der Waals surface area contributed by atoms with E-state index in [2.05, 4.69) is 15.4 Å². The fourth-order valence-corrected chi connectivity index (χ4v) is 3.26. The number of amides is 1. The van der Waals surface area contributed by atoms with E-state index in [0.29, 0.717) is 22.1 Å². The van der Waals surface area contributed by atoms with E-state index < -0.39 is 36.5 Å². The summed E-state index contributed by atoms with van der Waals surface area (Å²) in [6.45, 7) is -2.16. The molecule has 0 spiro atoms. The molecule has 2 N–H and O–H groups in total. The number of hydrogen-bond acceptors (Lipinski definition) is 5. The van der Waals surface area contributed by atoms with Crippen LogP contribution in [0, 0.1) is 5.82 Å². The lowest BCUT2D eigenvalue weighted by Crippen LogP contribution is -2.37. The van der Waals surface area contributed by atoms with Crippen LogP contribution in [0.5, 0.6) is 0 Å². The molecule has 3 heterocycles. The molecule has 0 aliphatic rings. The zero-order valence-corrected chi connectivity index (χ0v) is 16.6. The lowest BCUT2D eigenvalue weighted by molar-refractivity contribution is -0.138. The Morgan fingerprint density at radius 1 is 1.16 bits per heavy atom. The number of carbonyl (C=O) groups is 1. The Hall–Kier alpha value is -3.96. The van der Waals surface area contributed by atoms with E-state index in [-0.39, 0.29) is 11.1 Å². The molecular formula is C20H16F4N6O2. The predicted octanol–water partition coefficient (Wildman–Crippen LogP) is 2.84. The van der Waals surface area contributed by atoms with Crippen molar-refractivity contribution in [2.45, 2.75) is 12.7 Å². The van der Waals surface area contributed by atoms with E-state index >= 15 is 0 Å². The Kier molecular flexibility index (Phi) is 5.28. The average Bonchev–Trinajstić information content (AvgIpc) is 3.10. The first-order valence-electron chi connectivity index (χ1n) is 9.32. The largest absolute Gasteiger partial charge is 0.405 e. The molecule has 0 saturated carbocycles. The summed E-state index contributed by atoms with van der Waals surface area (Å²) in [4.78, 5) is 29.1. The van der Waals surface area contributed by atoms with Crippen LogP contribution in [0.1, 0.15) is 0 Å². The third kappa shape index (κ3) is 4.24. The number of aryl methyl sites for hydroxylation is 1. The fourth-order valence-electron chi connectivity index (χ4n) is 3.26. The summed E-state index contributed by atoms with van der Waals surface area (Å²) < 4.78 is 54.1. The molecule has 0 aliphatic heterocycles. The number of nitrogens with one attached hydrogen (secondary N) is 2. The quantitative estimate of drug-likeness (QED) is 0.458. The second-order valence-corrected chi connectivity index (χ2v) is 7.06. The molecule has 0 radical (unpaired) electrons. The normalized spacial score (nSPS) is 11.8. The number of pyridine rings is 2. The first-order valence-corrected chi connectivity index (χ1v) is 9.32. The standard InChI is InChI=1S/C20H16F4N6O2/c1-29-18-12(7-27-29)6-13(8-25-18)28-17-14(21)3-2-11-4-5-30(19(32)16(11)17)9-15(31)26-10-20(22,23)24/h2-8,28H,9-10H2,1H3,(H,26,31). The second kappa shape index (κ2) is 7.94.